The molecule has 0 bridgehead atoms. The average Bonchev–Trinajstić information content (AvgIpc) is 2.64. The summed E-state index contributed by atoms with van der Waals surface area (Å²) in [7, 11) is 0. The summed E-state index contributed by atoms with van der Waals surface area (Å²) in [4.78, 5) is 4.04. The van der Waals surface area contributed by atoms with E-state index >= 15 is 0 Å². The largest absolute Gasteiger partial charge is 0.307 e. The first-order valence-electron chi connectivity index (χ1n) is 4.90. The molecule has 0 radical (unpaired) electrons. The number of rotatable bonds is 6. The van der Waals surface area contributed by atoms with E-state index in [9.17, 15) is 0 Å². The van der Waals surface area contributed by atoms with Gasteiger partial charge >= 0.3 is 0 Å². The lowest BCUT2D eigenvalue weighted by atomic mass is 10.1. The van der Waals surface area contributed by atoms with E-state index in [0.29, 0.717) is 6.04 Å². The second-order valence-corrected chi connectivity index (χ2v) is 3.36. The molecule has 0 aliphatic carbocycles. The lowest BCUT2D eigenvalue weighted by Crippen LogP contribution is -2.25. The second kappa shape index (κ2) is 5.70. The highest BCUT2D eigenvalue weighted by Crippen LogP contribution is 1.99. The van der Waals surface area contributed by atoms with Crippen molar-refractivity contribution in [2.75, 3.05) is 0 Å². The minimum absolute atomic E-state index is 0.560. The maximum atomic E-state index is 4.04. The maximum Gasteiger partial charge on any atom is 0.138 e. The summed E-state index contributed by atoms with van der Waals surface area (Å²) in [5.74, 6) is 0.906. The molecule has 0 aromatic carbocycles. The molecule has 1 aromatic heterocycles. The molecule has 2 N–H and O–H groups in total. The Morgan fingerprint density at radius 2 is 2.46 bits per heavy atom. The summed E-state index contributed by atoms with van der Waals surface area (Å²) in [5.41, 5.74) is 0. The number of H-pyrrole nitrogens is 1. The van der Waals surface area contributed by atoms with Gasteiger partial charge < -0.3 is 5.32 Å². The average molecular weight is 182 g/mol. The van der Waals surface area contributed by atoms with E-state index in [2.05, 4.69) is 34.3 Å². The predicted octanol–water partition coefficient (Wildman–Crippen LogP) is 1.47. The molecule has 0 amide bonds. The summed E-state index contributed by atoms with van der Waals surface area (Å²) in [5, 5.41) is 10.00. The highest BCUT2D eigenvalue weighted by Gasteiger charge is 2.01. The van der Waals surface area contributed by atoms with Gasteiger partial charge in [-0.15, -0.1) is 0 Å². The van der Waals surface area contributed by atoms with Gasteiger partial charge in [0.25, 0.3) is 0 Å². The van der Waals surface area contributed by atoms with Crippen LogP contribution in [0.1, 0.15) is 38.9 Å². The fourth-order valence-corrected chi connectivity index (χ4v) is 1.20. The number of unbranched alkanes of at least 4 members (excludes halogenated alkanes) is 1. The lowest BCUT2D eigenvalue weighted by molar-refractivity contribution is 0.487. The quantitative estimate of drug-likeness (QED) is 0.700. The maximum absolute atomic E-state index is 4.04. The molecule has 1 rings (SSSR count). The number of nitrogens with zero attached hydrogens (tertiary/aromatic N) is 2. The molecule has 4 heteroatoms. The molecule has 0 saturated carbocycles. The Bertz CT molecular complexity index is 207. The summed E-state index contributed by atoms with van der Waals surface area (Å²) < 4.78 is 0. The Labute approximate surface area is 79.2 Å². The zero-order valence-electron chi connectivity index (χ0n) is 8.38. The van der Waals surface area contributed by atoms with Gasteiger partial charge in [0.15, 0.2) is 0 Å². The van der Waals surface area contributed by atoms with Crippen molar-refractivity contribution < 1.29 is 0 Å². The first-order valence-corrected chi connectivity index (χ1v) is 4.90. The van der Waals surface area contributed by atoms with Gasteiger partial charge in [-0.25, -0.2) is 4.98 Å². The molecule has 0 aliphatic heterocycles. The minimum atomic E-state index is 0.560. The molecule has 74 valence electrons. The topological polar surface area (TPSA) is 53.6 Å². The van der Waals surface area contributed by atoms with Gasteiger partial charge in [0, 0.05) is 6.04 Å². The molecular weight excluding hydrogens is 164 g/mol. The second-order valence-electron chi connectivity index (χ2n) is 3.36. The molecular formula is C9H18N4. The van der Waals surface area contributed by atoms with Crippen LogP contribution in [0.15, 0.2) is 6.33 Å². The number of aromatic nitrogens is 3. The van der Waals surface area contributed by atoms with Crippen LogP contribution in [0.5, 0.6) is 0 Å². The van der Waals surface area contributed by atoms with Crippen LogP contribution in [0.2, 0.25) is 0 Å². The Morgan fingerprint density at radius 1 is 1.62 bits per heavy atom. The fraction of sp³-hybridized carbons (Fsp3) is 0.778. The number of hydrogen-bond acceptors (Lipinski definition) is 3. The Kier molecular flexibility index (Phi) is 4.46. The highest BCUT2D eigenvalue weighted by atomic mass is 15.2. The van der Waals surface area contributed by atoms with Crippen LogP contribution in [0.4, 0.5) is 0 Å². The van der Waals surface area contributed by atoms with Crippen molar-refractivity contribution in [2.45, 2.75) is 45.7 Å². The standard InChI is InChI=1S/C9H18N4/c1-3-4-5-8(2)10-6-9-11-7-12-13-9/h7-8,10H,3-6H2,1-2H3,(H,11,12,13). The summed E-state index contributed by atoms with van der Waals surface area (Å²) in [6, 6.07) is 0.560. The van der Waals surface area contributed by atoms with Gasteiger partial charge in [-0.1, -0.05) is 19.8 Å². The molecule has 1 unspecified atom stereocenters. The van der Waals surface area contributed by atoms with E-state index in [4.69, 9.17) is 0 Å². The first-order chi connectivity index (χ1) is 6.33. The predicted molar refractivity (Wildman–Crippen MR) is 52.2 cm³/mol. The zero-order valence-corrected chi connectivity index (χ0v) is 8.38. The van der Waals surface area contributed by atoms with Crippen LogP contribution in [0, 0.1) is 0 Å². The third kappa shape index (κ3) is 4.03. The van der Waals surface area contributed by atoms with Crippen molar-refractivity contribution in [1.82, 2.24) is 20.5 Å². The van der Waals surface area contributed by atoms with Gasteiger partial charge in [-0.05, 0) is 13.3 Å². The Hall–Kier alpha value is -0.900. The zero-order chi connectivity index (χ0) is 9.52. The minimum Gasteiger partial charge on any atom is -0.307 e. The van der Waals surface area contributed by atoms with Gasteiger partial charge in [0.1, 0.15) is 12.2 Å². The number of nitrogens with one attached hydrogen (secondary N) is 2. The molecule has 0 saturated heterocycles. The molecule has 0 fully saturated rings. The third-order valence-electron chi connectivity index (χ3n) is 2.07. The van der Waals surface area contributed by atoms with Crippen molar-refractivity contribution >= 4 is 0 Å². The summed E-state index contributed by atoms with van der Waals surface area (Å²) in [6.45, 7) is 5.19. The van der Waals surface area contributed by atoms with Gasteiger partial charge in [0.05, 0.1) is 6.54 Å². The molecule has 1 heterocycles. The highest BCUT2D eigenvalue weighted by molar-refractivity contribution is 4.79. The van der Waals surface area contributed by atoms with Gasteiger partial charge in [0.2, 0.25) is 0 Å². The molecule has 1 aromatic rings. The molecule has 1 atom stereocenters. The molecule has 0 aliphatic rings. The van der Waals surface area contributed by atoms with Crippen LogP contribution >= 0.6 is 0 Å². The number of hydrogen-bond donors (Lipinski definition) is 2. The normalized spacial score (nSPS) is 13.1. The van der Waals surface area contributed by atoms with Gasteiger partial charge in [-0.3, -0.25) is 5.10 Å². The van der Waals surface area contributed by atoms with Crippen molar-refractivity contribution in [3.8, 4) is 0 Å². The van der Waals surface area contributed by atoms with Crippen molar-refractivity contribution in [3.63, 3.8) is 0 Å². The lowest BCUT2D eigenvalue weighted by Gasteiger charge is -2.11. The van der Waals surface area contributed by atoms with Crippen LogP contribution in [0.3, 0.4) is 0 Å². The Morgan fingerprint density at radius 3 is 3.08 bits per heavy atom. The van der Waals surface area contributed by atoms with E-state index < -0.39 is 0 Å². The molecule has 13 heavy (non-hydrogen) atoms. The summed E-state index contributed by atoms with van der Waals surface area (Å²) in [6.07, 6.45) is 5.30. The van der Waals surface area contributed by atoms with E-state index in [0.717, 1.165) is 12.4 Å². The van der Waals surface area contributed by atoms with Crippen molar-refractivity contribution in [3.05, 3.63) is 12.2 Å². The van der Waals surface area contributed by atoms with E-state index in [1.54, 1.807) is 0 Å². The molecule has 0 spiro atoms. The fourth-order valence-electron chi connectivity index (χ4n) is 1.20. The first kappa shape index (κ1) is 10.2. The van der Waals surface area contributed by atoms with Gasteiger partial charge in [-0.2, -0.15) is 5.10 Å². The van der Waals surface area contributed by atoms with Crippen LogP contribution in [0.25, 0.3) is 0 Å². The van der Waals surface area contributed by atoms with E-state index in [-0.39, 0.29) is 0 Å². The number of aromatic amines is 1. The van der Waals surface area contributed by atoms with E-state index in [1.807, 2.05) is 0 Å². The Balaban J connectivity index is 2.11. The summed E-state index contributed by atoms with van der Waals surface area (Å²) >= 11 is 0. The SMILES string of the molecule is CCCCC(C)NCc1ncn[nH]1. The third-order valence-corrected chi connectivity index (χ3v) is 2.07. The van der Waals surface area contributed by atoms with Crippen molar-refractivity contribution in [1.29, 1.82) is 0 Å². The smallest absolute Gasteiger partial charge is 0.138 e. The van der Waals surface area contributed by atoms with E-state index in [1.165, 1.54) is 25.6 Å². The van der Waals surface area contributed by atoms with Crippen LogP contribution in [-0.2, 0) is 6.54 Å². The molecule has 4 nitrogen and oxygen atoms in total. The van der Waals surface area contributed by atoms with Crippen LogP contribution < -0.4 is 5.32 Å². The monoisotopic (exact) mass is 182 g/mol. The van der Waals surface area contributed by atoms with Crippen LogP contribution in [-0.4, -0.2) is 21.2 Å². The van der Waals surface area contributed by atoms with Crippen molar-refractivity contribution in [2.24, 2.45) is 0 Å².